The van der Waals surface area contributed by atoms with E-state index in [-0.39, 0.29) is 6.61 Å². The van der Waals surface area contributed by atoms with Crippen molar-refractivity contribution in [2.45, 2.75) is 20.3 Å². The summed E-state index contributed by atoms with van der Waals surface area (Å²) in [7, 11) is 0. The molecular weight excluding hydrogens is 178 g/mol. The van der Waals surface area contributed by atoms with E-state index in [1.54, 1.807) is 0 Å². The second kappa shape index (κ2) is 4.65. The maximum atomic E-state index is 10.5. The van der Waals surface area contributed by atoms with Gasteiger partial charge in [-0.3, -0.25) is 4.79 Å². The number of rotatable bonds is 4. The lowest BCUT2D eigenvalue weighted by atomic mass is 10.1. The van der Waals surface area contributed by atoms with E-state index < -0.39 is 5.91 Å². The van der Waals surface area contributed by atoms with Crippen LogP contribution in [0.3, 0.4) is 0 Å². The Balaban J connectivity index is 2.74. The normalized spacial score (nSPS) is 9.86. The standard InChI is InChI=1S/C11H15NO2/c1-3-9-6-10(5-4-8(9)2)14-7-11(12)13/h4-6H,3,7H2,1-2H3,(H2,12,13). The Labute approximate surface area is 83.9 Å². The number of benzene rings is 1. The molecule has 0 spiro atoms. The minimum atomic E-state index is -0.455. The van der Waals surface area contributed by atoms with Crippen molar-refractivity contribution in [3.8, 4) is 5.75 Å². The lowest BCUT2D eigenvalue weighted by molar-refractivity contribution is -0.119. The van der Waals surface area contributed by atoms with Crippen LogP contribution < -0.4 is 10.5 Å². The number of hydrogen-bond donors (Lipinski definition) is 1. The van der Waals surface area contributed by atoms with Crippen LogP contribution in [0.5, 0.6) is 5.75 Å². The molecule has 0 aliphatic carbocycles. The quantitative estimate of drug-likeness (QED) is 0.786. The third-order valence-corrected chi connectivity index (χ3v) is 2.08. The first-order chi connectivity index (χ1) is 6.63. The molecule has 14 heavy (non-hydrogen) atoms. The van der Waals surface area contributed by atoms with Crippen LogP contribution in [0.15, 0.2) is 18.2 Å². The largest absolute Gasteiger partial charge is 0.484 e. The van der Waals surface area contributed by atoms with Gasteiger partial charge in [-0.1, -0.05) is 13.0 Å². The molecule has 0 aliphatic rings. The number of primary amides is 1. The summed E-state index contributed by atoms with van der Waals surface area (Å²) in [6.45, 7) is 4.07. The van der Waals surface area contributed by atoms with Crippen LogP contribution in [0, 0.1) is 6.92 Å². The Morgan fingerprint density at radius 1 is 1.50 bits per heavy atom. The van der Waals surface area contributed by atoms with Crippen molar-refractivity contribution in [3.63, 3.8) is 0 Å². The van der Waals surface area contributed by atoms with Crippen molar-refractivity contribution in [1.82, 2.24) is 0 Å². The zero-order valence-corrected chi connectivity index (χ0v) is 8.54. The summed E-state index contributed by atoms with van der Waals surface area (Å²) in [4.78, 5) is 10.5. The van der Waals surface area contributed by atoms with E-state index in [2.05, 4.69) is 13.8 Å². The molecule has 0 aliphatic heterocycles. The number of carbonyl (C=O) groups excluding carboxylic acids is 1. The van der Waals surface area contributed by atoms with Gasteiger partial charge in [0.25, 0.3) is 5.91 Å². The Morgan fingerprint density at radius 3 is 2.79 bits per heavy atom. The fourth-order valence-electron chi connectivity index (χ4n) is 1.27. The smallest absolute Gasteiger partial charge is 0.255 e. The van der Waals surface area contributed by atoms with Crippen LogP contribution in [0.25, 0.3) is 0 Å². The minimum Gasteiger partial charge on any atom is -0.484 e. The van der Waals surface area contributed by atoms with E-state index >= 15 is 0 Å². The Morgan fingerprint density at radius 2 is 2.21 bits per heavy atom. The lowest BCUT2D eigenvalue weighted by Crippen LogP contribution is -2.20. The molecule has 0 radical (unpaired) electrons. The van der Waals surface area contributed by atoms with Crippen LogP contribution in [0.1, 0.15) is 18.1 Å². The number of aryl methyl sites for hydroxylation is 2. The second-order valence-corrected chi connectivity index (χ2v) is 3.20. The van der Waals surface area contributed by atoms with Crippen LogP contribution >= 0.6 is 0 Å². The molecule has 3 heteroatoms. The average Bonchev–Trinajstić information content (AvgIpc) is 2.16. The van der Waals surface area contributed by atoms with E-state index in [0.717, 1.165) is 6.42 Å². The van der Waals surface area contributed by atoms with E-state index in [0.29, 0.717) is 5.75 Å². The highest BCUT2D eigenvalue weighted by atomic mass is 16.5. The molecule has 1 aromatic rings. The molecule has 0 bridgehead atoms. The molecule has 1 amide bonds. The van der Waals surface area contributed by atoms with Crippen molar-refractivity contribution < 1.29 is 9.53 Å². The van der Waals surface area contributed by atoms with Gasteiger partial charge in [-0.15, -0.1) is 0 Å². The van der Waals surface area contributed by atoms with Gasteiger partial charge in [0, 0.05) is 0 Å². The topological polar surface area (TPSA) is 52.3 Å². The van der Waals surface area contributed by atoms with Gasteiger partial charge in [0.1, 0.15) is 5.75 Å². The average molecular weight is 193 g/mol. The summed E-state index contributed by atoms with van der Waals surface area (Å²) in [5.74, 6) is 0.245. The summed E-state index contributed by atoms with van der Waals surface area (Å²) in [6, 6.07) is 5.77. The van der Waals surface area contributed by atoms with Gasteiger partial charge >= 0.3 is 0 Å². The van der Waals surface area contributed by atoms with Crippen LogP contribution in [0.4, 0.5) is 0 Å². The maximum Gasteiger partial charge on any atom is 0.255 e. The summed E-state index contributed by atoms with van der Waals surface area (Å²) in [5, 5.41) is 0. The molecule has 0 saturated carbocycles. The highest BCUT2D eigenvalue weighted by Crippen LogP contribution is 2.17. The molecule has 0 atom stereocenters. The van der Waals surface area contributed by atoms with Gasteiger partial charge in [0.2, 0.25) is 0 Å². The Kier molecular flexibility index (Phi) is 3.51. The fraction of sp³-hybridized carbons (Fsp3) is 0.364. The molecule has 2 N–H and O–H groups in total. The molecule has 0 aromatic heterocycles. The number of nitrogens with two attached hydrogens (primary N) is 1. The maximum absolute atomic E-state index is 10.5. The molecule has 0 unspecified atom stereocenters. The number of carbonyl (C=O) groups is 1. The van der Waals surface area contributed by atoms with Gasteiger partial charge in [0.05, 0.1) is 0 Å². The number of ether oxygens (including phenoxy) is 1. The van der Waals surface area contributed by atoms with Gasteiger partial charge < -0.3 is 10.5 Å². The molecule has 1 aromatic carbocycles. The van der Waals surface area contributed by atoms with Crippen molar-refractivity contribution in [1.29, 1.82) is 0 Å². The van der Waals surface area contributed by atoms with Crippen molar-refractivity contribution in [3.05, 3.63) is 29.3 Å². The predicted molar refractivity (Wildman–Crippen MR) is 55.2 cm³/mol. The number of amides is 1. The van der Waals surface area contributed by atoms with Gasteiger partial charge in [-0.05, 0) is 36.6 Å². The predicted octanol–water partition coefficient (Wildman–Crippen LogP) is 1.42. The zero-order valence-electron chi connectivity index (χ0n) is 8.54. The molecule has 0 saturated heterocycles. The zero-order chi connectivity index (χ0) is 10.6. The molecule has 76 valence electrons. The monoisotopic (exact) mass is 193 g/mol. The minimum absolute atomic E-state index is 0.0633. The molecule has 0 heterocycles. The molecule has 0 fully saturated rings. The SMILES string of the molecule is CCc1cc(OCC(N)=O)ccc1C. The summed E-state index contributed by atoms with van der Waals surface area (Å²) in [6.07, 6.45) is 0.958. The molecular formula is C11H15NO2. The van der Waals surface area contributed by atoms with Gasteiger partial charge in [-0.2, -0.15) is 0 Å². The number of hydrogen-bond acceptors (Lipinski definition) is 2. The van der Waals surface area contributed by atoms with Crippen LogP contribution in [0.2, 0.25) is 0 Å². The van der Waals surface area contributed by atoms with E-state index in [4.69, 9.17) is 10.5 Å². The van der Waals surface area contributed by atoms with Gasteiger partial charge in [0.15, 0.2) is 6.61 Å². The third kappa shape index (κ3) is 2.76. The first-order valence-corrected chi connectivity index (χ1v) is 4.64. The fourth-order valence-corrected chi connectivity index (χ4v) is 1.27. The highest BCUT2D eigenvalue weighted by molar-refractivity contribution is 5.75. The van der Waals surface area contributed by atoms with Crippen molar-refractivity contribution >= 4 is 5.91 Å². The Hall–Kier alpha value is -1.51. The molecule has 3 nitrogen and oxygen atoms in total. The first-order valence-electron chi connectivity index (χ1n) is 4.64. The molecule has 1 rings (SSSR count). The van der Waals surface area contributed by atoms with Gasteiger partial charge in [-0.25, -0.2) is 0 Å². The van der Waals surface area contributed by atoms with E-state index in [9.17, 15) is 4.79 Å². The lowest BCUT2D eigenvalue weighted by Gasteiger charge is -2.07. The van der Waals surface area contributed by atoms with E-state index in [1.807, 2.05) is 18.2 Å². The third-order valence-electron chi connectivity index (χ3n) is 2.08. The summed E-state index contributed by atoms with van der Waals surface area (Å²) in [5.41, 5.74) is 7.44. The van der Waals surface area contributed by atoms with Crippen molar-refractivity contribution in [2.24, 2.45) is 5.73 Å². The van der Waals surface area contributed by atoms with Crippen molar-refractivity contribution in [2.75, 3.05) is 6.61 Å². The highest BCUT2D eigenvalue weighted by Gasteiger charge is 2.00. The Bertz CT molecular complexity index is 334. The van der Waals surface area contributed by atoms with Crippen LogP contribution in [-0.4, -0.2) is 12.5 Å². The van der Waals surface area contributed by atoms with Crippen LogP contribution in [-0.2, 0) is 11.2 Å². The second-order valence-electron chi connectivity index (χ2n) is 3.20. The first kappa shape index (κ1) is 10.6. The summed E-state index contributed by atoms with van der Waals surface area (Å²) < 4.78 is 5.19. The summed E-state index contributed by atoms with van der Waals surface area (Å²) >= 11 is 0. The van der Waals surface area contributed by atoms with E-state index in [1.165, 1.54) is 11.1 Å².